The average Bonchev–Trinajstić information content (AvgIpc) is 3.30. The number of rotatable bonds is 5. The Morgan fingerprint density at radius 1 is 1.15 bits per heavy atom. The lowest BCUT2D eigenvalue weighted by Gasteiger charge is -2.32. The Kier molecular flexibility index (Phi) is 4.62. The van der Waals surface area contributed by atoms with Crippen LogP contribution in [0.5, 0.6) is 0 Å². The minimum atomic E-state index is -1.26. The molecule has 12 heteroatoms. The maximum Gasteiger partial charge on any atom is 0.354 e. The van der Waals surface area contributed by atoms with Crippen LogP contribution in [0.3, 0.4) is 0 Å². The Morgan fingerprint density at radius 2 is 1.97 bits per heavy atom. The first kappa shape index (κ1) is 20.3. The summed E-state index contributed by atoms with van der Waals surface area (Å²) in [4.78, 5) is 57.1. The van der Waals surface area contributed by atoms with Gasteiger partial charge in [-0.3, -0.25) is 14.4 Å². The maximum atomic E-state index is 12.6. The molecule has 0 unspecified atom stereocenters. The molecule has 0 atom stereocenters. The first-order valence-corrected chi connectivity index (χ1v) is 10.00. The van der Waals surface area contributed by atoms with Gasteiger partial charge in [0.25, 0.3) is 22.5 Å². The normalized spacial score (nSPS) is 13.3. The van der Waals surface area contributed by atoms with E-state index in [4.69, 9.17) is 5.73 Å². The second-order valence-corrected chi connectivity index (χ2v) is 7.68. The molecule has 0 saturated heterocycles. The number of carbonyl (C=O) groups excluding carboxylic acids is 1. The summed E-state index contributed by atoms with van der Waals surface area (Å²) < 4.78 is 1.04. The maximum absolute atomic E-state index is 12.6. The first-order chi connectivity index (χ1) is 15.8. The molecule has 0 bridgehead atoms. The molecule has 0 fully saturated rings. The fraction of sp³-hybridized carbons (Fsp3) is 0.190. The van der Waals surface area contributed by atoms with Gasteiger partial charge in [-0.05, 0) is 23.1 Å². The lowest BCUT2D eigenvalue weighted by Crippen LogP contribution is -2.44. The molecule has 166 valence electrons. The molecule has 0 aliphatic carbocycles. The molecule has 1 aliphatic heterocycles. The summed E-state index contributed by atoms with van der Waals surface area (Å²) in [6, 6.07) is 6.90. The van der Waals surface area contributed by atoms with Crippen LogP contribution in [0.2, 0.25) is 0 Å². The minimum Gasteiger partial charge on any atom is -0.477 e. The van der Waals surface area contributed by atoms with Crippen molar-refractivity contribution in [2.24, 2.45) is 0 Å². The summed E-state index contributed by atoms with van der Waals surface area (Å²) in [6.45, 7) is 1.19. The zero-order valence-electron chi connectivity index (χ0n) is 17.1. The number of anilines is 2. The van der Waals surface area contributed by atoms with Crippen molar-refractivity contribution in [2.45, 2.75) is 19.5 Å². The Balaban J connectivity index is 1.32. The zero-order chi connectivity index (χ0) is 23.3. The highest BCUT2D eigenvalue weighted by atomic mass is 16.4. The molecule has 12 nitrogen and oxygen atoms in total. The van der Waals surface area contributed by atoms with Crippen LogP contribution in [0.15, 0.2) is 40.2 Å². The molecule has 4 aromatic rings. The molecule has 0 spiro atoms. The van der Waals surface area contributed by atoms with Gasteiger partial charge in [-0.1, -0.05) is 18.2 Å². The van der Waals surface area contributed by atoms with Crippen LogP contribution in [0.1, 0.15) is 37.7 Å². The number of hydrogen-bond acceptors (Lipinski definition) is 9. The standard InChI is InChI=1S/C21H17N7O5/c22-15-16(18(30)17(15)29)27-4-3-11-2-1-10(5-12(11)8-27)7-23-19(31)13-6-14(20(32)33)28-21(26-13)24-9-25-28/h1-2,5-6,9H,3-4,7-8,22H2,(H,23,31)(H,32,33). The van der Waals surface area contributed by atoms with E-state index in [1.807, 2.05) is 18.2 Å². The molecule has 2 aromatic heterocycles. The number of hydrogen-bond donors (Lipinski definition) is 3. The van der Waals surface area contributed by atoms with Gasteiger partial charge in [0, 0.05) is 25.7 Å². The molecule has 1 aliphatic rings. The van der Waals surface area contributed by atoms with Crippen molar-refractivity contribution < 1.29 is 14.7 Å². The number of carbonyl (C=O) groups is 2. The minimum absolute atomic E-state index is 0.00439. The third-order valence-electron chi connectivity index (χ3n) is 5.68. The molecule has 5 rings (SSSR count). The molecule has 33 heavy (non-hydrogen) atoms. The van der Waals surface area contributed by atoms with Gasteiger partial charge < -0.3 is 21.1 Å². The van der Waals surface area contributed by atoms with Crippen molar-refractivity contribution in [2.75, 3.05) is 17.2 Å². The molecule has 1 amide bonds. The van der Waals surface area contributed by atoms with Crippen molar-refractivity contribution in [3.8, 4) is 0 Å². The first-order valence-electron chi connectivity index (χ1n) is 10.00. The van der Waals surface area contributed by atoms with E-state index in [1.165, 1.54) is 0 Å². The zero-order valence-corrected chi connectivity index (χ0v) is 17.1. The highest BCUT2D eigenvalue weighted by Gasteiger charge is 2.27. The average molecular weight is 447 g/mol. The Hall–Kier alpha value is -4.61. The van der Waals surface area contributed by atoms with Crippen molar-refractivity contribution in [1.82, 2.24) is 24.9 Å². The smallest absolute Gasteiger partial charge is 0.354 e. The van der Waals surface area contributed by atoms with Crippen LogP contribution in [0, 0.1) is 0 Å². The molecule has 2 aromatic carbocycles. The third-order valence-corrected chi connectivity index (χ3v) is 5.68. The number of nitrogens with zero attached hydrogens (tertiary/aromatic N) is 5. The Labute approximate surface area is 185 Å². The second kappa shape index (κ2) is 7.51. The number of carboxylic acids is 1. The molecular weight excluding hydrogens is 430 g/mol. The van der Waals surface area contributed by atoms with Gasteiger partial charge in [-0.2, -0.15) is 14.6 Å². The predicted octanol–water partition coefficient (Wildman–Crippen LogP) is -0.507. The summed E-state index contributed by atoms with van der Waals surface area (Å²) >= 11 is 0. The highest BCUT2D eigenvalue weighted by Crippen LogP contribution is 2.26. The number of aromatic nitrogens is 4. The fourth-order valence-corrected chi connectivity index (χ4v) is 3.98. The SMILES string of the molecule is Nc1c(N2CCc3ccc(CNC(=O)c4cc(C(=O)O)n5ncnc5n4)cc3C2)c(=O)c1=O. The summed E-state index contributed by atoms with van der Waals surface area (Å²) in [5.41, 5.74) is 7.35. The number of nitrogens with one attached hydrogen (secondary N) is 1. The van der Waals surface area contributed by atoms with E-state index in [-0.39, 0.29) is 35.1 Å². The van der Waals surface area contributed by atoms with E-state index < -0.39 is 22.7 Å². The summed E-state index contributed by atoms with van der Waals surface area (Å²) in [5, 5.41) is 15.9. The van der Waals surface area contributed by atoms with Crippen molar-refractivity contribution in [3.05, 3.63) is 79.1 Å². The monoisotopic (exact) mass is 447 g/mol. The molecule has 0 radical (unpaired) electrons. The molecular formula is C21H17N7O5. The summed E-state index contributed by atoms with van der Waals surface area (Å²) in [7, 11) is 0. The number of nitrogen functional groups attached to an aromatic ring is 1. The van der Waals surface area contributed by atoms with E-state index in [0.717, 1.165) is 33.6 Å². The van der Waals surface area contributed by atoms with Crippen LogP contribution in [0.4, 0.5) is 11.4 Å². The van der Waals surface area contributed by atoms with E-state index in [0.29, 0.717) is 19.5 Å². The number of nitrogens with two attached hydrogens (primary N) is 1. The van der Waals surface area contributed by atoms with Gasteiger partial charge >= 0.3 is 5.97 Å². The highest BCUT2D eigenvalue weighted by molar-refractivity contribution is 5.95. The number of amides is 1. The van der Waals surface area contributed by atoms with E-state index in [9.17, 15) is 24.3 Å². The van der Waals surface area contributed by atoms with Crippen molar-refractivity contribution >= 4 is 29.0 Å². The van der Waals surface area contributed by atoms with Gasteiger partial charge in [-0.25, -0.2) is 9.78 Å². The molecule has 4 N–H and O–H groups in total. The largest absolute Gasteiger partial charge is 0.477 e. The summed E-state index contributed by atoms with van der Waals surface area (Å²) in [6.07, 6.45) is 1.85. The van der Waals surface area contributed by atoms with Gasteiger partial charge in [0.2, 0.25) is 0 Å². The van der Waals surface area contributed by atoms with Crippen LogP contribution in [0.25, 0.3) is 5.78 Å². The van der Waals surface area contributed by atoms with Crippen LogP contribution in [-0.4, -0.2) is 43.1 Å². The Bertz CT molecular complexity index is 1520. The van der Waals surface area contributed by atoms with Crippen LogP contribution < -0.4 is 26.8 Å². The van der Waals surface area contributed by atoms with E-state index in [1.54, 1.807) is 4.90 Å². The van der Waals surface area contributed by atoms with Crippen molar-refractivity contribution in [1.29, 1.82) is 0 Å². The van der Waals surface area contributed by atoms with Crippen LogP contribution >= 0.6 is 0 Å². The quantitative estimate of drug-likeness (QED) is 0.338. The van der Waals surface area contributed by atoms with Crippen LogP contribution in [-0.2, 0) is 19.5 Å². The Morgan fingerprint density at radius 3 is 2.73 bits per heavy atom. The number of fused-ring (bicyclic) bond motifs is 2. The molecule has 3 heterocycles. The lowest BCUT2D eigenvalue weighted by atomic mass is 9.96. The number of aromatic carboxylic acids is 1. The lowest BCUT2D eigenvalue weighted by molar-refractivity contribution is 0.0687. The number of benzene rings is 1. The molecule has 0 saturated carbocycles. The van der Waals surface area contributed by atoms with Crippen molar-refractivity contribution in [3.63, 3.8) is 0 Å². The van der Waals surface area contributed by atoms with E-state index >= 15 is 0 Å². The van der Waals surface area contributed by atoms with E-state index in [2.05, 4.69) is 20.4 Å². The van der Waals surface area contributed by atoms with Gasteiger partial charge in [0.05, 0.1) is 0 Å². The second-order valence-electron chi connectivity index (χ2n) is 7.68. The number of carboxylic acid groups (broad SMARTS) is 1. The fourth-order valence-electron chi connectivity index (χ4n) is 3.98. The third kappa shape index (κ3) is 3.37. The summed E-state index contributed by atoms with van der Waals surface area (Å²) in [5.74, 6) is -1.81. The topological polar surface area (TPSA) is 173 Å². The van der Waals surface area contributed by atoms with Gasteiger partial charge in [0.15, 0.2) is 5.69 Å². The van der Waals surface area contributed by atoms with Gasteiger partial charge in [-0.15, -0.1) is 0 Å². The van der Waals surface area contributed by atoms with Gasteiger partial charge in [0.1, 0.15) is 23.4 Å². The predicted molar refractivity (Wildman–Crippen MR) is 116 cm³/mol.